The van der Waals surface area contributed by atoms with Crippen LogP contribution in [0.1, 0.15) is 31.7 Å². The summed E-state index contributed by atoms with van der Waals surface area (Å²) in [5, 5.41) is 0. The summed E-state index contributed by atoms with van der Waals surface area (Å²) in [6, 6.07) is 3.84. The predicted molar refractivity (Wildman–Crippen MR) is 55.5 cm³/mol. The minimum absolute atomic E-state index is 0.348. The van der Waals surface area contributed by atoms with Gasteiger partial charge in [0.05, 0.1) is 6.61 Å². The zero-order chi connectivity index (χ0) is 11.1. The van der Waals surface area contributed by atoms with E-state index in [2.05, 4.69) is 6.92 Å². The first kappa shape index (κ1) is 12.1. The maximum atomic E-state index is 12.8. The SMILES string of the molecule is CCCCCOCc1ccc(F)c(F)c1. The molecule has 1 aromatic rings. The highest BCUT2D eigenvalue weighted by Gasteiger charge is 2.02. The van der Waals surface area contributed by atoms with E-state index < -0.39 is 11.6 Å². The second-order valence-corrected chi connectivity index (χ2v) is 3.51. The van der Waals surface area contributed by atoms with Crippen molar-refractivity contribution in [2.24, 2.45) is 0 Å². The smallest absolute Gasteiger partial charge is 0.159 e. The van der Waals surface area contributed by atoms with Crippen LogP contribution in [0.2, 0.25) is 0 Å². The lowest BCUT2D eigenvalue weighted by Gasteiger charge is -2.04. The number of rotatable bonds is 6. The molecule has 0 saturated carbocycles. The molecule has 0 fully saturated rings. The van der Waals surface area contributed by atoms with Crippen LogP contribution in [-0.2, 0) is 11.3 Å². The van der Waals surface area contributed by atoms with Crippen molar-refractivity contribution < 1.29 is 13.5 Å². The molecule has 0 bridgehead atoms. The van der Waals surface area contributed by atoms with Gasteiger partial charge in [-0.3, -0.25) is 0 Å². The van der Waals surface area contributed by atoms with E-state index in [0.29, 0.717) is 18.8 Å². The summed E-state index contributed by atoms with van der Waals surface area (Å²) in [4.78, 5) is 0. The van der Waals surface area contributed by atoms with Crippen LogP contribution in [0.3, 0.4) is 0 Å². The maximum absolute atomic E-state index is 12.8. The van der Waals surface area contributed by atoms with Crippen molar-refractivity contribution in [3.8, 4) is 0 Å². The average Bonchev–Trinajstić information content (AvgIpc) is 2.23. The second kappa shape index (κ2) is 6.51. The first-order valence-electron chi connectivity index (χ1n) is 5.25. The predicted octanol–water partition coefficient (Wildman–Crippen LogP) is 3.67. The standard InChI is InChI=1S/C12H16F2O/c1-2-3-4-7-15-9-10-5-6-11(13)12(14)8-10/h5-6,8H,2-4,7,9H2,1H3. The lowest BCUT2D eigenvalue weighted by atomic mass is 10.2. The molecular formula is C12H16F2O. The van der Waals surface area contributed by atoms with Crippen LogP contribution < -0.4 is 0 Å². The average molecular weight is 214 g/mol. The summed E-state index contributed by atoms with van der Waals surface area (Å²) in [7, 11) is 0. The Morgan fingerprint density at radius 2 is 1.93 bits per heavy atom. The molecule has 0 aromatic heterocycles. The quantitative estimate of drug-likeness (QED) is 0.656. The Morgan fingerprint density at radius 1 is 1.13 bits per heavy atom. The van der Waals surface area contributed by atoms with Crippen LogP contribution in [0.25, 0.3) is 0 Å². The number of unbranched alkanes of at least 4 members (excludes halogenated alkanes) is 2. The summed E-state index contributed by atoms with van der Waals surface area (Å²) in [5.74, 6) is -1.63. The zero-order valence-electron chi connectivity index (χ0n) is 8.93. The molecule has 0 unspecified atom stereocenters. The van der Waals surface area contributed by atoms with Gasteiger partial charge in [0.25, 0.3) is 0 Å². The summed E-state index contributed by atoms with van der Waals surface area (Å²) in [5.41, 5.74) is 0.672. The van der Waals surface area contributed by atoms with Crippen molar-refractivity contribution in [1.82, 2.24) is 0 Å². The third kappa shape index (κ3) is 4.38. The fraction of sp³-hybridized carbons (Fsp3) is 0.500. The molecule has 84 valence electrons. The van der Waals surface area contributed by atoms with E-state index >= 15 is 0 Å². The summed E-state index contributed by atoms with van der Waals surface area (Å²) >= 11 is 0. The molecule has 1 nitrogen and oxygen atoms in total. The third-order valence-electron chi connectivity index (χ3n) is 2.14. The molecule has 3 heteroatoms. The Morgan fingerprint density at radius 3 is 2.60 bits per heavy atom. The van der Waals surface area contributed by atoms with Crippen LogP contribution in [-0.4, -0.2) is 6.61 Å². The monoisotopic (exact) mass is 214 g/mol. The molecule has 0 aliphatic heterocycles. The van der Waals surface area contributed by atoms with E-state index in [1.807, 2.05) is 0 Å². The van der Waals surface area contributed by atoms with Gasteiger partial charge in [-0.2, -0.15) is 0 Å². The summed E-state index contributed by atoms with van der Waals surface area (Å²) < 4.78 is 30.7. The summed E-state index contributed by atoms with van der Waals surface area (Å²) in [6.45, 7) is 3.14. The third-order valence-corrected chi connectivity index (χ3v) is 2.14. The highest BCUT2D eigenvalue weighted by atomic mass is 19.2. The first-order chi connectivity index (χ1) is 7.24. The van der Waals surface area contributed by atoms with E-state index in [9.17, 15) is 8.78 Å². The zero-order valence-corrected chi connectivity index (χ0v) is 8.93. The molecule has 0 heterocycles. The van der Waals surface area contributed by atoms with Crippen molar-refractivity contribution >= 4 is 0 Å². The molecule has 0 aliphatic rings. The molecule has 0 atom stereocenters. The number of hydrogen-bond donors (Lipinski definition) is 0. The van der Waals surface area contributed by atoms with Crippen LogP contribution >= 0.6 is 0 Å². The van der Waals surface area contributed by atoms with E-state index in [-0.39, 0.29) is 0 Å². The summed E-state index contributed by atoms with van der Waals surface area (Å²) in [6.07, 6.45) is 3.30. The van der Waals surface area contributed by atoms with Crippen LogP contribution in [0, 0.1) is 11.6 Å². The lowest BCUT2D eigenvalue weighted by Crippen LogP contribution is -1.96. The van der Waals surface area contributed by atoms with E-state index in [4.69, 9.17) is 4.74 Å². The van der Waals surface area contributed by atoms with Crippen molar-refractivity contribution in [1.29, 1.82) is 0 Å². The van der Waals surface area contributed by atoms with Gasteiger partial charge in [-0.25, -0.2) is 8.78 Å². The van der Waals surface area contributed by atoms with Crippen molar-refractivity contribution in [2.45, 2.75) is 32.8 Å². The normalized spacial score (nSPS) is 10.6. The Balaban J connectivity index is 2.28. The molecule has 0 radical (unpaired) electrons. The van der Waals surface area contributed by atoms with Gasteiger partial charge in [0.1, 0.15) is 0 Å². The number of halogens is 2. The van der Waals surface area contributed by atoms with Gasteiger partial charge in [0, 0.05) is 6.61 Å². The minimum atomic E-state index is -0.815. The van der Waals surface area contributed by atoms with E-state index in [0.717, 1.165) is 25.3 Å². The Kier molecular flexibility index (Phi) is 5.26. The fourth-order valence-electron chi connectivity index (χ4n) is 1.27. The van der Waals surface area contributed by atoms with Gasteiger partial charge in [0.2, 0.25) is 0 Å². The second-order valence-electron chi connectivity index (χ2n) is 3.51. The van der Waals surface area contributed by atoms with E-state index in [1.165, 1.54) is 12.1 Å². The molecule has 1 aromatic carbocycles. The Hall–Kier alpha value is -0.960. The van der Waals surface area contributed by atoms with Crippen molar-refractivity contribution in [3.05, 3.63) is 35.4 Å². The van der Waals surface area contributed by atoms with Gasteiger partial charge in [-0.15, -0.1) is 0 Å². The van der Waals surface area contributed by atoms with Gasteiger partial charge < -0.3 is 4.74 Å². The molecule has 0 saturated heterocycles. The van der Waals surface area contributed by atoms with Gasteiger partial charge in [-0.05, 0) is 24.1 Å². The largest absolute Gasteiger partial charge is 0.377 e. The number of hydrogen-bond acceptors (Lipinski definition) is 1. The molecule has 0 aliphatic carbocycles. The molecule has 0 amide bonds. The Bertz CT molecular complexity index is 300. The number of benzene rings is 1. The first-order valence-corrected chi connectivity index (χ1v) is 5.25. The van der Waals surface area contributed by atoms with Crippen molar-refractivity contribution in [3.63, 3.8) is 0 Å². The van der Waals surface area contributed by atoms with E-state index in [1.54, 1.807) is 0 Å². The van der Waals surface area contributed by atoms with Crippen LogP contribution in [0.5, 0.6) is 0 Å². The van der Waals surface area contributed by atoms with Gasteiger partial charge >= 0.3 is 0 Å². The van der Waals surface area contributed by atoms with Gasteiger partial charge in [-0.1, -0.05) is 25.8 Å². The minimum Gasteiger partial charge on any atom is -0.377 e. The molecule has 0 spiro atoms. The number of ether oxygens (including phenoxy) is 1. The van der Waals surface area contributed by atoms with Crippen molar-refractivity contribution in [2.75, 3.05) is 6.61 Å². The Labute approximate surface area is 89.1 Å². The fourth-order valence-corrected chi connectivity index (χ4v) is 1.27. The maximum Gasteiger partial charge on any atom is 0.159 e. The molecular weight excluding hydrogens is 198 g/mol. The lowest BCUT2D eigenvalue weighted by molar-refractivity contribution is 0.117. The molecule has 0 N–H and O–H groups in total. The van der Waals surface area contributed by atoms with Crippen LogP contribution in [0.15, 0.2) is 18.2 Å². The van der Waals surface area contributed by atoms with Gasteiger partial charge in [0.15, 0.2) is 11.6 Å². The molecule has 1 rings (SSSR count). The topological polar surface area (TPSA) is 9.23 Å². The van der Waals surface area contributed by atoms with Crippen LogP contribution in [0.4, 0.5) is 8.78 Å². The highest BCUT2D eigenvalue weighted by molar-refractivity contribution is 5.16. The highest BCUT2D eigenvalue weighted by Crippen LogP contribution is 2.09. The molecule has 15 heavy (non-hydrogen) atoms.